The highest BCUT2D eigenvalue weighted by Gasteiger charge is 2.00. The quantitative estimate of drug-likeness (QED) is 0.280. The maximum Gasteiger partial charge on any atom is 0.221 e. The SMILES string of the molecule is O=C(CCSSc1ccccn1)NCI. The van der Waals surface area contributed by atoms with Crippen molar-refractivity contribution in [1.29, 1.82) is 0 Å². The minimum atomic E-state index is 0.110. The number of alkyl halides is 1. The molecule has 0 aliphatic rings. The molecule has 0 aliphatic carbocycles. The van der Waals surface area contributed by atoms with Crippen molar-refractivity contribution in [2.75, 3.05) is 10.3 Å². The summed E-state index contributed by atoms with van der Waals surface area (Å²) in [5, 5.41) is 3.74. The second kappa shape index (κ2) is 8.23. The van der Waals surface area contributed by atoms with Gasteiger partial charge in [0.25, 0.3) is 0 Å². The molecule has 82 valence electrons. The monoisotopic (exact) mass is 354 g/mol. The number of nitrogens with one attached hydrogen (secondary N) is 1. The first-order valence-electron chi connectivity index (χ1n) is 4.36. The molecule has 1 heterocycles. The summed E-state index contributed by atoms with van der Waals surface area (Å²) in [6.07, 6.45) is 2.33. The van der Waals surface area contributed by atoms with E-state index in [2.05, 4.69) is 32.9 Å². The van der Waals surface area contributed by atoms with Gasteiger partial charge in [0.2, 0.25) is 5.91 Å². The fourth-order valence-electron chi connectivity index (χ4n) is 0.796. The zero-order chi connectivity index (χ0) is 10.9. The topological polar surface area (TPSA) is 42.0 Å². The van der Waals surface area contributed by atoms with E-state index in [1.165, 1.54) is 0 Å². The van der Waals surface area contributed by atoms with E-state index in [-0.39, 0.29) is 5.91 Å². The molecule has 0 saturated heterocycles. The van der Waals surface area contributed by atoms with Gasteiger partial charge in [-0.3, -0.25) is 4.79 Å². The van der Waals surface area contributed by atoms with Gasteiger partial charge in [-0.05, 0) is 22.9 Å². The van der Waals surface area contributed by atoms with E-state index in [1.807, 2.05) is 18.2 Å². The Morgan fingerprint density at radius 3 is 3.07 bits per heavy atom. The maximum absolute atomic E-state index is 11.1. The molecule has 1 N–H and O–H groups in total. The number of amides is 1. The number of pyridine rings is 1. The number of hydrogen-bond acceptors (Lipinski definition) is 4. The van der Waals surface area contributed by atoms with Gasteiger partial charge in [-0.1, -0.05) is 39.5 Å². The predicted octanol–water partition coefficient (Wildman–Crippen LogP) is 2.72. The van der Waals surface area contributed by atoms with Crippen LogP contribution >= 0.6 is 44.2 Å². The van der Waals surface area contributed by atoms with Crippen LogP contribution < -0.4 is 5.32 Å². The molecule has 1 aromatic heterocycles. The Labute approximate surface area is 111 Å². The summed E-state index contributed by atoms with van der Waals surface area (Å²) in [6.45, 7) is 0. The van der Waals surface area contributed by atoms with Crippen molar-refractivity contribution >= 4 is 50.1 Å². The Hall–Kier alpha value is 0.0500. The molecule has 0 unspecified atom stereocenters. The summed E-state index contributed by atoms with van der Waals surface area (Å²) in [6, 6.07) is 5.81. The first kappa shape index (κ1) is 13.1. The average Bonchev–Trinajstić information content (AvgIpc) is 2.26. The fourth-order valence-corrected chi connectivity index (χ4v) is 3.09. The predicted molar refractivity (Wildman–Crippen MR) is 74.2 cm³/mol. The van der Waals surface area contributed by atoms with Gasteiger partial charge < -0.3 is 5.32 Å². The van der Waals surface area contributed by atoms with Gasteiger partial charge in [0.15, 0.2) is 0 Å². The summed E-state index contributed by atoms with van der Waals surface area (Å²) in [4.78, 5) is 15.3. The van der Waals surface area contributed by atoms with Crippen molar-refractivity contribution in [1.82, 2.24) is 10.3 Å². The summed E-state index contributed by atoms with van der Waals surface area (Å²) in [5.41, 5.74) is 0. The number of nitrogens with zero attached hydrogens (tertiary/aromatic N) is 1. The molecule has 0 saturated carbocycles. The number of halogens is 1. The van der Waals surface area contributed by atoms with Crippen molar-refractivity contribution in [3.8, 4) is 0 Å². The number of aromatic nitrogens is 1. The van der Waals surface area contributed by atoms with Crippen molar-refractivity contribution in [3.05, 3.63) is 24.4 Å². The third-order valence-corrected chi connectivity index (χ3v) is 4.11. The molecule has 1 rings (SSSR count). The third kappa shape index (κ3) is 6.26. The Balaban J connectivity index is 2.10. The average molecular weight is 354 g/mol. The van der Waals surface area contributed by atoms with Gasteiger partial charge in [0.05, 0.1) is 4.55 Å². The van der Waals surface area contributed by atoms with Crippen LogP contribution in [0.3, 0.4) is 0 Å². The molecule has 0 atom stereocenters. The highest BCUT2D eigenvalue weighted by molar-refractivity contribution is 14.1. The van der Waals surface area contributed by atoms with Crippen molar-refractivity contribution < 1.29 is 4.79 Å². The molecule has 3 nitrogen and oxygen atoms in total. The molecule has 0 radical (unpaired) electrons. The second-order valence-electron chi connectivity index (χ2n) is 2.56. The van der Waals surface area contributed by atoms with Crippen LogP contribution in [0.4, 0.5) is 0 Å². The van der Waals surface area contributed by atoms with Crippen LogP contribution in [0.1, 0.15) is 6.42 Å². The summed E-state index contributed by atoms with van der Waals surface area (Å²) >= 11 is 2.12. The van der Waals surface area contributed by atoms with Gasteiger partial charge in [0, 0.05) is 18.4 Å². The van der Waals surface area contributed by atoms with Crippen LogP contribution in [-0.2, 0) is 4.79 Å². The van der Waals surface area contributed by atoms with Crippen molar-refractivity contribution in [2.24, 2.45) is 0 Å². The molecule has 6 heteroatoms. The van der Waals surface area contributed by atoms with Crippen LogP contribution in [0.2, 0.25) is 0 Å². The number of carbonyl (C=O) groups is 1. The van der Waals surface area contributed by atoms with E-state index < -0.39 is 0 Å². The first-order valence-corrected chi connectivity index (χ1v) is 8.20. The van der Waals surface area contributed by atoms with Crippen molar-refractivity contribution in [3.63, 3.8) is 0 Å². The molecule has 0 aromatic carbocycles. The van der Waals surface area contributed by atoms with E-state index in [4.69, 9.17) is 0 Å². The zero-order valence-corrected chi connectivity index (χ0v) is 11.8. The number of carbonyl (C=O) groups excluding carboxylic acids is 1. The zero-order valence-electron chi connectivity index (χ0n) is 7.98. The normalized spacial score (nSPS) is 9.93. The van der Waals surface area contributed by atoms with Gasteiger partial charge in [-0.15, -0.1) is 0 Å². The lowest BCUT2D eigenvalue weighted by molar-refractivity contribution is -0.120. The second-order valence-corrected chi connectivity index (χ2v) is 5.76. The minimum absolute atomic E-state index is 0.110. The molecule has 1 aromatic rings. The molecule has 0 aliphatic heterocycles. The lowest BCUT2D eigenvalue weighted by Crippen LogP contribution is -2.21. The van der Waals surface area contributed by atoms with Gasteiger partial charge >= 0.3 is 0 Å². The molecule has 0 spiro atoms. The van der Waals surface area contributed by atoms with E-state index in [0.29, 0.717) is 11.0 Å². The van der Waals surface area contributed by atoms with Gasteiger partial charge in [0.1, 0.15) is 5.03 Å². The molecular formula is C9H11IN2OS2. The van der Waals surface area contributed by atoms with E-state index >= 15 is 0 Å². The Kier molecular flexibility index (Phi) is 7.20. The van der Waals surface area contributed by atoms with Crippen LogP contribution in [0.15, 0.2) is 29.4 Å². The molecule has 0 fully saturated rings. The van der Waals surface area contributed by atoms with E-state index in [9.17, 15) is 4.79 Å². The molecule has 0 bridgehead atoms. The number of rotatable bonds is 6. The third-order valence-electron chi connectivity index (χ3n) is 1.46. The Morgan fingerprint density at radius 2 is 2.40 bits per heavy atom. The van der Waals surface area contributed by atoms with Crippen molar-refractivity contribution in [2.45, 2.75) is 11.4 Å². The highest BCUT2D eigenvalue weighted by atomic mass is 127. The fraction of sp³-hybridized carbons (Fsp3) is 0.333. The highest BCUT2D eigenvalue weighted by Crippen LogP contribution is 2.29. The van der Waals surface area contributed by atoms with Crippen LogP contribution in [0.5, 0.6) is 0 Å². The first-order chi connectivity index (χ1) is 7.33. The summed E-state index contributed by atoms with van der Waals surface area (Å²) in [7, 11) is 3.26. The van der Waals surface area contributed by atoms with Crippen LogP contribution in [0.25, 0.3) is 0 Å². The molecular weight excluding hydrogens is 343 g/mol. The van der Waals surface area contributed by atoms with Crippen LogP contribution in [-0.4, -0.2) is 21.2 Å². The minimum Gasteiger partial charge on any atom is -0.347 e. The smallest absolute Gasteiger partial charge is 0.221 e. The Morgan fingerprint density at radius 1 is 1.53 bits per heavy atom. The van der Waals surface area contributed by atoms with E-state index in [1.54, 1.807) is 27.8 Å². The lowest BCUT2D eigenvalue weighted by Gasteiger charge is -2.00. The Bertz CT molecular complexity index is 297. The summed E-state index contributed by atoms with van der Waals surface area (Å²) < 4.78 is 0.675. The maximum atomic E-state index is 11.1. The number of hydrogen-bond donors (Lipinski definition) is 1. The largest absolute Gasteiger partial charge is 0.347 e. The molecule has 15 heavy (non-hydrogen) atoms. The van der Waals surface area contributed by atoms with Gasteiger partial charge in [-0.25, -0.2) is 4.98 Å². The summed E-state index contributed by atoms with van der Waals surface area (Å²) in [5.74, 6) is 0.919. The standard InChI is InChI=1S/C9H11IN2OS2/c10-7-12-8(13)4-6-14-15-9-3-1-2-5-11-9/h1-3,5H,4,6-7H2,(H,12,13). The van der Waals surface area contributed by atoms with Gasteiger partial charge in [-0.2, -0.15) is 0 Å². The van der Waals surface area contributed by atoms with E-state index in [0.717, 1.165) is 10.8 Å². The van der Waals surface area contributed by atoms with Crippen LogP contribution in [0, 0.1) is 0 Å². The lowest BCUT2D eigenvalue weighted by atomic mass is 10.5. The molecule has 1 amide bonds.